The van der Waals surface area contributed by atoms with Gasteiger partial charge < -0.3 is 25.3 Å². The summed E-state index contributed by atoms with van der Waals surface area (Å²) in [5, 5.41) is 2.72. The largest absolute Gasteiger partial charge is 0.493 e. The zero-order valence-electron chi connectivity index (χ0n) is 13.2. The van der Waals surface area contributed by atoms with Gasteiger partial charge in [-0.2, -0.15) is 8.78 Å². The van der Waals surface area contributed by atoms with Crippen LogP contribution in [0.1, 0.15) is 18.4 Å². The van der Waals surface area contributed by atoms with Crippen LogP contribution in [0.5, 0.6) is 11.5 Å². The maximum Gasteiger partial charge on any atom is 0.387 e. The summed E-state index contributed by atoms with van der Waals surface area (Å²) >= 11 is 0. The Morgan fingerprint density at radius 1 is 1.38 bits per heavy atom. The second kappa shape index (κ2) is 9.00. The third-order valence-electron chi connectivity index (χ3n) is 3.73. The highest BCUT2D eigenvalue weighted by molar-refractivity contribution is 5.86. The van der Waals surface area contributed by atoms with E-state index in [9.17, 15) is 13.6 Å². The quantitative estimate of drug-likeness (QED) is 0.802. The minimum Gasteiger partial charge on any atom is -0.493 e. The molecule has 0 aromatic heterocycles. The van der Waals surface area contributed by atoms with Crippen LogP contribution in [0.2, 0.25) is 0 Å². The maximum absolute atomic E-state index is 12.4. The number of nitrogens with one attached hydrogen (secondary N) is 1. The number of benzene rings is 1. The van der Waals surface area contributed by atoms with Gasteiger partial charge in [-0.15, -0.1) is 12.4 Å². The van der Waals surface area contributed by atoms with Crippen molar-refractivity contribution in [2.45, 2.75) is 31.5 Å². The van der Waals surface area contributed by atoms with Crippen LogP contribution in [0.15, 0.2) is 18.2 Å². The summed E-state index contributed by atoms with van der Waals surface area (Å²) in [6, 6.07) is 4.56. The van der Waals surface area contributed by atoms with Crippen LogP contribution in [0, 0.1) is 0 Å². The summed E-state index contributed by atoms with van der Waals surface area (Å²) in [5.41, 5.74) is 5.72. The molecule has 1 heterocycles. The number of rotatable bonds is 6. The third-order valence-corrected chi connectivity index (χ3v) is 3.73. The molecule has 1 aliphatic heterocycles. The van der Waals surface area contributed by atoms with Gasteiger partial charge in [-0.1, -0.05) is 6.07 Å². The van der Waals surface area contributed by atoms with Gasteiger partial charge in [0.15, 0.2) is 11.5 Å². The van der Waals surface area contributed by atoms with Crippen LogP contribution >= 0.6 is 12.4 Å². The minimum absolute atomic E-state index is 0. The molecular weight excluding hydrogens is 346 g/mol. The third kappa shape index (κ3) is 5.19. The number of carbonyl (C=O) groups is 1. The van der Waals surface area contributed by atoms with E-state index in [0.717, 1.165) is 0 Å². The predicted octanol–water partition coefficient (Wildman–Crippen LogP) is 1.84. The van der Waals surface area contributed by atoms with E-state index >= 15 is 0 Å². The summed E-state index contributed by atoms with van der Waals surface area (Å²) in [6.45, 7) is -1.91. The van der Waals surface area contributed by atoms with Crippen molar-refractivity contribution in [3.8, 4) is 11.5 Å². The number of halogens is 3. The molecule has 1 aromatic rings. The summed E-state index contributed by atoms with van der Waals surface area (Å²) < 4.78 is 39.4. The van der Waals surface area contributed by atoms with Crippen molar-refractivity contribution in [3.63, 3.8) is 0 Å². The van der Waals surface area contributed by atoms with Crippen LogP contribution in [0.3, 0.4) is 0 Å². The van der Waals surface area contributed by atoms with Crippen LogP contribution in [0.4, 0.5) is 8.78 Å². The highest BCUT2D eigenvalue weighted by Gasteiger charge is 2.35. The van der Waals surface area contributed by atoms with Gasteiger partial charge in [0.05, 0.1) is 12.6 Å². The molecule has 6 nitrogen and oxygen atoms in total. The molecule has 0 unspecified atom stereocenters. The first kappa shape index (κ1) is 20.4. The van der Waals surface area contributed by atoms with E-state index in [2.05, 4.69) is 10.1 Å². The number of nitrogens with two attached hydrogens (primary N) is 1. The van der Waals surface area contributed by atoms with E-state index in [1.165, 1.54) is 19.2 Å². The molecule has 2 rings (SSSR count). The van der Waals surface area contributed by atoms with Crippen molar-refractivity contribution < 1.29 is 27.8 Å². The van der Waals surface area contributed by atoms with Crippen LogP contribution in [0.25, 0.3) is 0 Å². The Hall–Kier alpha value is -1.64. The SMILES string of the molecule is COc1ccc(CNC(=O)C2(N)CCOCC2)cc1OC(F)F.Cl. The molecule has 1 saturated heterocycles. The molecule has 3 N–H and O–H groups in total. The molecule has 0 atom stereocenters. The molecule has 136 valence electrons. The van der Waals surface area contributed by atoms with E-state index in [1.807, 2.05) is 0 Å². The lowest BCUT2D eigenvalue weighted by molar-refractivity contribution is -0.129. The predicted molar refractivity (Wildman–Crippen MR) is 85.7 cm³/mol. The van der Waals surface area contributed by atoms with Crippen molar-refractivity contribution in [1.82, 2.24) is 5.32 Å². The zero-order chi connectivity index (χ0) is 16.9. The Bertz CT molecular complexity index is 554. The van der Waals surface area contributed by atoms with Crippen molar-refractivity contribution in [3.05, 3.63) is 23.8 Å². The van der Waals surface area contributed by atoms with Gasteiger partial charge in [-0.3, -0.25) is 4.79 Å². The second-order valence-electron chi connectivity index (χ2n) is 5.31. The first-order valence-electron chi connectivity index (χ1n) is 7.21. The molecule has 0 bridgehead atoms. The monoisotopic (exact) mass is 366 g/mol. The van der Waals surface area contributed by atoms with Gasteiger partial charge in [-0.25, -0.2) is 0 Å². The van der Waals surface area contributed by atoms with E-state index in [0.29, 0.717) is 31.6 Å². The molecule has 1 fully saturated rings. The standard InChI is InChI=1S/C15H20F2N2O4.ClH/c1-21-11-3-2-10(8-12(11)23-14(16)17)9-19-13(20)15(18)4-6-22-7-5-15;/h2-3,8,14H,4-7,9,18H2,1H3,(H,19,20);1H. The van der Waals surface area contributed by atoms with E-state index in [-0.39, 0.29) is 36.4 Å². The fraction of sp³-hybridized carbons (Fsp3) is 0.533. The van der Waals surface area contributed by atoms with Gasteiger partial charge in [0, 0.05) is 19.8 Å². The summed E-state index contributed by atoms with van der Waals surface area (Å²) in [7, 11) is 1.36. The lowest BCUT2D eigenvalue weighted by Gasteiger charge is -2.31. The van der Waals surface area contributed by atoms with E-state index in [4.69, 9.17) is 15.2 Å². The Morgan fingerprint density at radius 2 is 2.04 bits per heavy atom. The minimum atomic E-state index is -2.96. The van der Waals surface area contributed by atoms with Crippen LogP contribution in [-0.2, 0) is 16.1 Å². The number of ether oxygens (including phenoxy) is 3. The van der Waals surface area contributed by atoms with Gasteiger partial charge in [-0.05, 0) is 30.5 Å². The topological polar surface area (TPSA) is 82.8 Å². The van der Waals surface area contributed by atoms with Gasteiger partial charge >= 0.3 is 6.61 Å². The molecule has 0 radical (unpaired) electrons. The fourth-order valence-electron chi connectivity index (χ4n) is 2.34. The van der Waals surface area contributed by atoms with Crippen LogP contribution < -0.4 is 20.5 Å². The van der Waals surface area contributed by atoms with Crippen LogP contribution in [-0.4, -0.2) is 38.4 Å². The van der Waals surface area contributed by atoms with Crippen molar-refractivity contribution in [2.24, 2.45) is 5.73 Å². The summed E-state index contributed by atoms with van der Waals surface area (Å²) in [6.07, 6.45) is 0.891. The lowest BCUT2D eigenvalue weighted by Crippen LogP contribution is -2.56. The van der Waals surface area contributed by atoms with Crippen molar-refractivity contribution in [1.29, 1.82) is 0 Å². The Morgan fingerprint density at radius 3 is 2.62 bits per heavy atom. The zero-order valence-corrected chi connectivity index (χ0v) is 14.0. The van der Waals surface area contributed by atoms with Crippen molar-refractivity contribution in [2.75, 3.05) is 20.3 Å². The van der Waals surface area contributed by atoms with E-state index < -0.39 is 12.2 Å². The van der Waals surface area contributed by atoms with Gasteiger partial charge in [0.2, 0.25) is 5.91 Å². The summed E-state index contributed by atoms with van der Waals surface area (Å²) in [4.78, 5) is 12.2. The normalized spacial score (nSPS) is 16.2. The molecule has 1 amide bonds. The average Bonchev–Trinajstić information content (AvgIpc) is 2.53. The molecule has 0 saturated carbocycles. The highest BCUT2D eigenvalue weighted by Crippen LogP contribution is 2.29. The first-order valence-corrected chi connectivity index (χ1v) is 7.21. The number of hydrogen-bond donors (Lipinski definition) is 2. The average molecular weight is 367 g/mol. The molecule has 24 heavy (non-hydrogen) atoms. The number of hydrogen-bond acceptors (Lipinski definition) is 5. The fourth-order valence-corrected chi connectivity index (χ4v) is 2.34. The molecule has 1 aromatic carbocycles. The Balaban J connectivity index is 0.00000288. The smallest absolute Gasteiger partial charge is 0.387 e. The number of alkyl halides is 2. The number of amides is 1. The first-order chi connectivity index (χ1) is 10.9. The van der Waals surface area contributed by atoms with Crippen molar-refractivity contribution >= 4 is 18.3 Å². The Labute approximate surface area is 145 Å². The molecule has 0 spiro atoms. The second-order valence-corrected chi connectivity index (χ2v) is 5.31. The maximum atomic E-state index is 12.4. The van der Waals surface area contributed by atoms with Gasteiger partial charge in [0.25, 0.3) is 0 Å². The van der Waals surface area contributed by atoms with E-state index in [1.54, 1.807) is 6.07 Å². The van der Waals surface area contributed by atoms with Gasteiger partial charge in [0.1, 0.15) is 0 Å². The summed E-state index contributed by atoms with van der Waals surface area (Å²) in [5.74, 6) is -0.171. The lowest BCUT2D eigenvalue weighted by atomic mass is 9.90. The number of methoxy groups -OCH3 is 1. The Kier molecular flexibility index (Phi) is 7.65. The number of carbonyl (C=O) groups excluding carboxylic acids is 1. The molecule has 9 heteroatoms. The highest BCUT2D eigenvalue weighted by atomic mass is 35.5. The molecule has 0 aliphatic carbocycles. The molecular formula is C15H21ClF2N2O4. The molecule has 1 aliphatic rings.